The van der Waals surface area contributed by atoms with Gasteiger partial charge in [0.2, 0.25) is 5.91 Å². The Morgan fingerprint density at radius 3 is 2.50 bits per heavy atom. The SMILES string of the molecule is CC(=O)c1ccc(N2CCN(C)C(=O)C2(C)C)c(F)c1. The Balaban J connectivity index is 2.41. The molecular weight excluding hydrogens is 259 g/mol. The molecule has 0 aliphatic carbocycles. The van der Waals surface area contributed by atoms with E-state index in [1.54, 1.807) is 42.8 Å². The summed E-state index contributed by atoms with van der Waals surface area (Å²) in [6.07, 6.45) is 0. The minimum atomic E-state index is -0.800. The first-order chi connectivity index (χ1) is 9.25. The maximum Gasteiger partial charge on any atom is 0.247 e. The van der Waals surface area contributed by atoms with Gasteiger partial charge in [0, 0.05) is 25.7 Å². The molecular formula is C15H19FN2O2. The summed E-state index contributed by atoms with van der Waals surface area (Å²) in [4.78, 5) is 26.9. The zero-order chi connectivity index (χ0) is 15.1. The largest absolute Gasteiger partial charge is 0.353 e. The molecule has 1 aliphatic rings. The minimum Gasteiger partial charge on any atom is -0.353 e. The molecule has 2 rings (SSSR count). The van der Waals surface area contributed by atoms with Gasteiger partial charge >= 0.3 is 0 Å². The first-order valence-corrected chi connectivity index (χ1v) is 6.59. The van der Waals surface area contributed by atoms with Crippen LogP contribution >= 0.6 is 0 Å². The van der Waals surface area contributed by atoms with Gasteiger partial charge in [0.05, 0.1) is 5.69 Å². The molecule has 1 amide bonds. The Morgan fingerprint density at radius 2 is 1.95 bits per heavy atom. The van der Waals surface area contributed by atoms with Crippen molar-refractivity contribution in [2.24, 2.45) is 0 Å². The third-order valence-corrected chi connectivity index (χ3v) is 3.85. The number of anilines is 1. The molecule has 0 aromatic heterocycles. The second-order valence-corrected chi connectivity index (χ2v) is 5.66. The van der Waals surface area contributed by atoms with E-state index in [0.29, 0.717) is 24.3 Å². The van der Waals surface area contributed by atoms with Crippen LogP contribution in [0.4, 0.5) is 10.1 Å². The van der Waals surface area contributed by atoms with Crippen LogP contribution in [0.2, 0.25) is 0 Å². The molecule has 0 atom stereocenters. The fourth-order valence-electron chi connectivity index (χ4n) is 2.58. The maximum atomic E-state index is 14.2. The summed E-state index contributed by atoms with van der Waals surface area (Å²) in [7, 11) is 1.75. The maximum absolute atomic E-state index is 14.2. The average Bonchev–Trinajstić information content (AvgIpc) is 2.37. The van der Waals surface area contributed by atoms with Crippen LogP contribution < -0.4 is 4.90 Å². The van der Waals surface area contributed by atoms with Gasteiger partial charge in [-0.15, -0.1) is 0 Å². The molecule has 0 radical (unpaired) electrons. The third kappa shape index (κ3) is 2.28. The van der Waals surface area contributed by atoms with E-state index in [1.807, 2.05) is 0 Å². The van der Waals surface area contributed by atoms with Crippen molar-refractivity contribution >= 4 is 17.4 Å². The Morgan fingerprint density at radius 1 is 1.30 bits per heavy atom. The fraction of sp³-hybridized carbons (Fsp3) is 0.467. The van der Waals surface area contributed by atoms with E-state index in [9.17, 15) is 14.0 Å². The molecule has 1 heterocycles. The minimum absolute atomic E-state index is 0.0428. The molecule has 1 saturated heterocycles. The molecule has 0 N–H and O–H groups in total. The normalized spacial score (nSPS) is 18.4. The summed E-state index contributed by atoms with van der Waals surface area (Å²) in [5.41, 5.74) is -0.100. The number of hydrogen-bond donors (Lipinski definition) is 0. The molecule has 4 nitrogen and oxygen atoms in total. The molecule has 5 heteroatoms. The smallest absolute Gasteiger partial charge is 0.247 e. The van der Waals surface area contributed by atoms with Crippen molar-refractivity contribution in [3.05, 3.63) is 29.6 Å². The van der Waals surface area contributed by atoms with Gasteiger partial charge < -0.3 is 9.80 Å². The Kier molecular flexibility index (Phi) is 3.54. The van der Waals surface area contributed by atoms with Gasteiger partial charge in [0.15, 0.2) is 5.78 Å². The molecule has 0 bridgehead atoms. The van der Waals surface area contributed by atoms with Crippen LogP contribution in [0, 0.1) is 5.82 Å². The van der Waals surface area contributed by atoms with Crippen molar-refractivity contribution in [2.75, 3.05) is 25.0 Å². The van der Waals surface area contributed by atoms with Crippen LogP contribution in [0.5, 0.6) is 0 Å². The van der Waals surface area contributed by atoms with E-state index in [0.717, 1.165) is 0 Å². The number of benzene rings is 1. The molecule has 1 aliphatic heterocycles. The number of amides is 1. The molecule has 108 valence electrons. The first-order valence-electron chi connectivity index (χ1n) is 6.59. The number of carbonyl (C=O) groups is 2. The Hall–Kier alpha value is -1.91. The number of nitrogens with zero attached hydrogens (tertiary/aromatic N) is 2. The van der Waals surface area contributed by atoms with Crippen LogP contribution in [0.15, 0.2) is 18.2 Å². The standard InChI is InChI=1S/C15H19FN2O2/c1-10(19)11-5-6-13(12(16)9-11)18-8-7-17(4)14(20)15(18,2)3/h5-6,9H,7-8H2,1-4H3. The molecule has 1 aromatic carbocycles. The van der Waals surface area contributed by atoms with Gasteiger partial charge in [0.25, 0.3) is 0 Å². The summed E-state index contributed by atoms with van der Waals surface area (Å²) >= 11 is 0. The lowest BCUT2D eigenvalue weighted by molar-refractivity contribution is -0.136. The zero-order valence-corrected chi connectivity index (χ0v) is 12.2. The van der Waals surface area contributed by atoms with E-state index < -0.39 is 11.4 Å². The number of likely N-dealkylation sites (N-methyl/N-ethyl adjacent to an activating group) is 1. The van der Waals surface area contributed by atoms with Crippen molar-refractivity contribution < 1.29 is 14.0 Å². The number of halogens is 1. The summed E-state index contributed by atoms with van der Waals surface area (Å²) in [5.74, 6) is -0.689. The first kappa shape index (κ1) is 14.5. The van der Waals surface area contributed by atoms with E-state index in [1.165, 1.54) is 13.0 Å². The quantitative estimate of drug-likeness (QED) is 0.778. The van der Waals surface area contributed by atoms with Crippen LogP contribution in [-0.4, -0.2) is 42.3 Å². The van der Waals surface area contributed by atoms with E-state index in [2.05, 4.69) is 0 Å². The topological polar surface area (TPSA) is 40.6 Å². The molecule has 1 aromatic rings. The van der Waals surface area contributed by atoms with Gasteiger partial charge in [0.1, 0.15) is 11.4 Å². The lowest BCUT2D eigenvalue weighted by Gasteiger charge is -2.46. The molecule has 0 spiro atoms. The van der Waals surface area contributed by atoms with Crippen LogP contribution in [0.25, 0.3) is 0 Å². The molecule has 0 saturated carbocycles. The zero-order valence-electron chi connectivity index (χ0n) is 12.2. The second-order valence-electron chi connectivity index (χ2n) is 5.66. The van der Waals surface area contributed by atoms with Crippen LogP contribution in [-0.2, 0) is 4.79 Å². The van der Waals surface area contributed by atoms with Gasteiger partial charge in [-0.25, -0.2) is 4.39 Å². The third-order valence-electron chi connectivity index (χ3n) is 3.85. The van der Waals surface area contributed by atoms with E-state index >= 15 is 0 Å². The monoisotopic (exact) mass is 278 g/mol. The van der Waals surface area contributed by atoms with Gasteiger partial charge in [-0.3, -0.25) is 9.59 Å². The van der Waals surface area contributed by atoms with Crippen molar-refractivity contribution in [3.63, 3.8) is 0 Å². The molecule has 1 fully saturated rings. The number of piperazine rings is 1. The average molecular weight is 278 g/mol. The highest BCUT2D eigenvalue weighted by molar-refractivity contribution is 5.95. The lowest BCUT2D eigenvalue weighted by atomic mass is 9.96. The van der Waals surface area contributed by atoms with Crippen molar-refractivity contribution in [1.29, 1.82) is 0 Å². The van der Waals surface area contributed by atoms with E-state index in [4.69, 9.17) is 0 Å². The lowest BCUT2D eigenvalue weighted by Crippen LogP contribution is -2.62. The fourth-order valence-corrected chi connectivity index (χ4v) is 2.58. The van der Waals surface area contributed by atoms with Gasteiger partial charge in [-0.1, -0.05) is 0 Å². The predicted molar refractivity (Wildman–Crippen MR) is 75.5 cm³/mol. The predicted octanol–water partition coefficient (Wildman–Crippen LogP) is 2.09. The highest BCUT2D eigenvalue weighted by atomic mass is 19.1. The number of rotatable bonds is 2. The highest BCUT2D eigenvalue weighted by Crippen LogP contribution is 2.31. The summed E-state index contributed by atoms with van der Waals surface area (Å²) in [6.45, 7) is 6.08. The van der Waals surface area contributed by atoms with Gasteiger partial charge in [-0.05, 0) is 39.0 Å². The highest BCUT2D eigenvalue weighted by Gasteiger charge is 2.41. The van der Waals surface area contributed by atoms with Crippen LogP contribution in [0.3, 0.4) is 0 Å². The number of carbonyl (C=O) groups excluding carboxylic acids is 2. The van der Waals surface area contributed by atoms with Crippen LogP contribution in [0.1, 0.15) is 31.1 Å². The summed E-state index contributed by atoms with van der Waals surface area (Å²) < 4.78 is 14.2. The van der Waals surface area contributed by atoms with E-state index in [-0.39, 0.29) is 11.7 Å². The van der Waals surface area contributed by atoms with Crippen molar-refractivity contribution in [3.8, 4) is 0 Å². The second kappa shape index (κ2) is 4.89. The van der Waals surface area contributed by atoms with Gasteiger partial charge in [-0.2, -0.15) is 0 Å². The van der Waals surface area contributed by atoms with Crippen molar-refractivity contribution in [1.82, 2.24) is 4.90 Å². The number of Topliss-reactive ketones (excluding diaryl/α,β-unsaturated/α-hetero) is 1. The Bertz CT molecular complexity index is 569. The summed E-state index contributed by atoms with van der Waals surface area (Å²) in [5, 5.41) is 0. The Labute approximate surface area is 118 Å². The van der Waals surface area contributed by atoms with Crippen molar-refractivity contribution in [2.45, 2.75) is 26.3 Å². The number of ketones is 1. The summed E-state index contributed by atoms with van der Waals surface area (Å²) in [6, 6.07) is 4.41. The number of hydrogen-bond acceptors (Lipinski definition) is 3. The molecule has 0 unspecified atom stereocenters. The molecule has 20 heavy (non-hydrogen) atoms.